The van der Waals surface area contributed by atoms with Crippen LogP contribution in [0.2, 0.25) is 0 Å². The lowest BCUT2D eigenvalue weighted by Crippen LogP contribution is -2.38. The molecule has 0 aromatic heterocycles. The molecule has 0 radical (unpaired) electrons. The van der Waals surface area contributed by atoms with E-state index in [0.717, 1.165) is 36.6 Å². The average molecular weight is 371 g/mol. The van der Waals surface area contributed by atoms with Crippen LogP contribution in [0.15, 0.2) is 29.3 Å². The summed E-state index contributed by atoms with van der Waals surface area (Å²) in [4.78, 5) is 6.59. The Morgan fingerprint density at radius 3 is 2.48 bits per heavy atom. The Balaban J connectivity index is 2.56. The van der Waals surface area contributed by atoms with Gasteiger partial charge in [0.15, 0.2) is 5.96 Å². The highest BCUT2D eigenvalue weighted by atomic mass is 32.2. The van der Waals surface area contributed by atoms with Gasteiger partial charge in [0.25, 0.3) is 0 Å². The lowest BCUT2D eigenvalue weighted by Gasteiger charge is -2.22. The molecule has 1 rings (SSSR count). The third-order valence-corrected chi connectivity index (χ3v) is 4.04. The first-order valence-electron chi connectivity index (χ1n) is 8.51. The van der Waals surface area contributed by atoms with Gasteiger partial charge in [-0.05, 0) is 38.0 Å². The summed E-state index contributed by atoms with van der Waals surface area (Å²) in [5.74, 6) is 1.67. The fourth-order valence-electron chi connectivity index (χ4n) is 2.20. The highest BCUT2D eigenvalue weighted by Gasteiger charge is 2.07. The molecule has 0 aliphatic heterocycles. The number of sulfonamides is 1. The molecule has 2 N–H and O–H groups in total. The Morgan fingerprint density at radius 2 is 1.92 bits per heavy atom. The summed E-state index contributed by atoms with van der Waals surface area (Å²) in [6.45, 7) is 7.08. The van der Waals surface area contributed by atoms with E-state index in [1.807, 2.05) is 50.1 Å². The summed E-state index contributed by atoms with van der Waals surface area (Å²) in [6.07, 6.45) is 1.81. The average Bonchev–Trinajstić information content (AvgIpc) is 2.54. The van der Waals surface area contributed by atoms with Crippen molar-refractivity contribution in [2.75, 3.05) is 39.5 Å². The highest BCUT2D eigenvalue weighted by Crippen LogP contribution is 2.13. The van der Waals surface area contributed by atoms with Crippen LogP contribution in [0.4, 0.5) is 0 Å². The van der Waals surface area contributed by atoms with E-state index in [0.29, 0.717) is 26.1 Å². The molecule has 0 fully saturated rings. The Labute approximate surface area is 151 Å². The van der Waals surface area contributed by atoms with Gasteiger partial charge in [-0.3, -0.25) is 4.99 Å². The third-order valence-electron chi connectivity index (χ3n) is 3.31. The summed E-state index contributed by atoms with van der Waals surface area (Å²) >= 11 is 0. The minimum atomic E-state index is -3.13. The molecular formula is C17H30N4O3S. The zero-order valence-corrected chi connectivity index (χ0v) is 16.4. The SMILES string of the molecule is CCNC(=NCCCNS(C)(=O)=O)N(C)Cc1ccc(OCC)cc1. The molecular weight excluding hydrogens is 340 g/mol. The third kappa shape index (κ3) is 9.31. The standard InChI is InChI=1S/C17H30N4O3S/c1-5-18-17(19-12-7-13-20-25(4,22)23)21(3)14-15-8-10-16(11-9-15)24-6-2/h8-11,20H,5-7,12-14H2,1-4H3,(H,18,19). The number of hydrogen-bond donors (Lipinski definition) is 2. The van der Waals surface area contributed by atoms with E-state index in [1.165, 1.54) is 0 Å². The van der Waals surface area contributed by atoms with Crippen molar-refractivity contribution < 1.29 is 13.2 Å². The van der Waals surface area contributed by atoms with Crippen LogP contribution >= 0.6 is 0 Å². The van der Waals surface area contributed by atoms with E-state index in [2.05, 4.69) is 15.0 Å². The van der Waals surface area contributed by atoms with Gasteiger partial charge in [-0.1, -0.05) is 12.1 Å². The molecule has 0 bridgehead atoms. The van der Waals surface area contributed by atoms with Crippen molar-refractivity contribution >= 4 is 16.0 Å². The van der Waals surface area contributed by atoms with Crippen LogP contribution in [-0.2, 0) is 16.6 Å². The van der Waals surface area contributed by atoms with Gasteiger partial charge in [-0.25, -0.2) is 13.1 Å². The van der Waals surface area contributed by atoms with E-state index >= 15 is 0 Å². The van der Waals surface area contributed by atoms with Crippen LogP contribution in [0, 0.1) is 0 Å². The molecule has 25 heavy (non-hydrogen) atoms. The van der Waals surface area contributed by atoms with E-state index in [4.69, 9.17) is 4.74 Å². The number of ether oxygens (including phenoxy) is 1. The fourth-order valence-corrected chi connectivity index (χ4v) is 2.71. The highest BCUT2D eigenvalue weighted by molar-refractivity contribution is 7.88. The molecule has 1 aromatic carbocycles. The van der Waals surface area contributed by atoms with Crippen LogP contribution in [0.1, 0.15) is 25.8 Å². The molecule has 8 heteroatoms. The molecule has 1 aromatic rings. The maximum atomic E-state index is 11.0. The van der Waals surface area contributed by atoms with Crippen molar-refractivity contribution in [3.8, 4) is 5.75 Å². The van der Waals surface area contributed by atoms with Gasteiger partial charge >= 0.3 is 0 Å². The van der Waals surface area contributed by atoms with Gasteiger partial charge < -0.3 is 15.0 Å². The van der Waals surface area contributed by atoms with Crippen LogP contribution in [-0.4, -0.2) is 58.8 Å². The topological polar surface area (TPSA) is 83.0 Å². The van der Waals surface area contributed by atoms with E-state index in [9.17, 15) is 8.42 Å². The van der Waals surface area contributed by atoms with Crippen molar-refractivity contribution in [3.05, 3.63) is 29.8 Å². The van der Waals surface area contributed by atoms with Crippen LogP contribution < -0.4 is 14.8 Å². The molecule has 0 amide bonds. The quantitative estimate of drug-likeness (QED) is 0.370. The van der Waals surface area contributed by atoms with Crippen molar-refractivity contribution in [3.63, 3.8) is 0 Å². The zero-order chi connectivity index (χ0) is 18.7. The van der Waals surface area contributed by atoms with Crippen LogP contribution in [0.3, 0.4) is 0 Å². The maximum absolute atomic E-state index is 11.0. The first-order chi connectivity index (χ1) is 11.9. The second-order valence-corrected chi connectivity index (χ2v) is 7.52. The lowest BCUT2D eigenvalue weighted by molar-refractivity contribution is 0.340. The van der Waals surface area contributed by atoms with Gasteiger partial charge in [-0.15, -0.1) is 0 Å². The first kappa shape index (κ1) is 21.2. The summed E-state index contributed by atoms with van der Waals surface area (Å²) in [5, 5.41) is 3.25. The Kier molecular flexibility index (Phi) is 9.30. The fraction of sp³-hybridized carbons (Fsp3) is 0.588. The smallest absolute Gasteiger partial charge is 0.208 e. The molecule has 0 aliphatic carbocycles. The van der Waals surface area contributed by atoms with E-state index in [-0.39, 0.29) is 0 Å². The minimum Gasteiger partial charge on any atom is -0.494 e. The Hall–Kier alpha value is -1.80. The van der Waals surface area contributed by atoms with Crippen molar-refractivity contribution in [1.82, 2.24) is 14.9 Å². The number of hydrogen-bond acceptors (Lipinski definition) is 4. The normalized spacial score (nSPS) is 12.1. The van der Waals surface area contributed by atoms with Crippen LogP contribution in [0.25, 0.3) is 0 Å². The van der Waals surface area contributed by atoms with Gasteiger partial charge in [-0.2, -0.15) is 0 Å². The molecule has 142 valence electrons. The number of guanidine groups is 1. The maximum Gasteiger partial charge on any atom is 0.208 e. The number of nitrogens with one attached hydrogen (secondary N) is 2. The second kappa shape index (κ2) is 10.9. The predicted molar refractivity (Wildman–Crippen MR) is 103 cm³/mol. The molecule has 7 nitrogen and oxygen atoms in total. The predicted octanol–water partition coefficient (Wildman–Crippen LogP) is 1.42. The largest absolute Gasteiger partial charge is 0.494 e. The molecule has 0 unspecified atom stereocenters. The molecule has 0 aliphatic rings. The first-order valence-corrected chi connectivity index (χ1v) is 10.4. The number of nitrogens with zero attached hydrogens (tertiary/aromatic N) is 2. The van der Waals surface area contributed by atoms with E-state index < -0.39 is 10.0 Å². The number of benzene rings is 1. The summed E-state index contributed by atoms with van der Waals surface area (Å²) in [6, 6.07) is 8.02. The van der Waals surface area contributed by atoms with Crippen molar-refractivity contribution in [2.24, 2.45) is 4.99 Å². The summed E-state index contributed by atoms with van der Waals surface area (Å²) in [7, 11) is -1.16. The van der Waals surface area contributed by atoms with Gasteiger partial charge in [0, 0.05) is 33.2 Å². The molecule has 0 atom stereocenters. The van der Waals surface area contributed by atoms with Crippen molar-refractivity contribution in [1.29, 1.82) is 0 Å². The second-order valence-electron chi connectivity index (χ2n) is 5.69. The van der Waals surface area contributed by atoms with E-state index in [1.54, 1.807) is 0 Å². The minimum absolute atomic E-state index is 0.393. The lowest BCUT2D eigenvalue weighted by atomic mass is 10.2. The molecule has 0 saturated heterocycles. The molecule has 0 heterocycles. The number of rotatable bonds is 10. The number of aliphatic imine (C=N–C) groups is 1. The van der Waals surface area contributed by atoms with Gasteiger partial charge in [0.2, 0.25) is 10.0 Å². The molecule has 0 saturated carbocycles. The Morgan fingerprint density at radius 1 is 1.24 bits per heavy atom. The summed E-state index contributed by atoms with van der Waals surface area (Å²) in [5.41, 5.74) is 1.16. The van der Waals surface area contributed by atoms with Gasteiger partial charge in [0.05, 0.1) is 12.9 Å². The molecule has 0 spiro atoms. The van der Waals surface area contributed by atoms with Crippen LogP contribution in [0.5, 0.6) is 5.75 Å². The van der Waals surface area contributed by atoms with Crippen molar-refractivity contribution in [2.45, 2.75) is 26.8 Å². The summed E-state index contributed by atoms with van der Waals surface area (Å²) < 4.78 is 30.0. The zero-order valence-electron chi connectivity index (χ0n) is 15.6. The monoisotopic (exact) mass is 370 g/mol. The Bertz CT molecular complexity index is 630. The van der Waals surface area contributed by atoms with Gasteiger partial charge in [0.1, 0.15) is 5.75 Å².